The molecule has 70 valence electrons. The number of aliphatic imine (C=N–C) groups is 1. The van der Waals surface area contributed by atoms with E-state index >= 15 is 0 Å². The van der Waals surface area contributed by atoms with E-state index in [0.717, 1.165) is 5.92 Å². The lowest BCUT2D eigenvalue weighted by Crippen LogP contribution is -2.12. The normalized spacial score (nSPS) is 32.3. The van der Waals surface area contributed by atoms with Crippen molar-refractivity contribution in [2.24, 2.45) is 10.9 Å². The summed E-state index contributed by atoms with van der Waals surface area (Å²) < 4.78 is 0. The molecule has 0 saturated heterocycles. The summed E-state index contributed by atoms with van der Waals surface area (Å²) in [7, 11) is 0. The molecule has 0 N–H and O–H groups in total. The number of allylic oxidation sites excluding steroid dienone is 2. The molecule has 2 aliphatic rings. The highest BCUT2D eigenvalue weighted by atomic mass is 32.2. The van der Waals surface area contributed by atoms with Crippen LogP contribution < -0.4 is 0 Å². The van der Waals surface area contributed by atoms with E-state index in [1.54, 1.807) is 0 Å². The van der Waals surface area contributed by atoms with Crippen molar-refractivity contribution in [2.75, 3.05) is 0 Å². The highest BCUT2D eigenvalue weighted by Crippen LogP contribution is 2.27. The largest absolute Gasteiger partial charge is 0.267 e. The van der Waals surface area contributed by atoms with Gasteiger partial charge in [-0.3, -0.25) is 4.99 Å². The molecule has 0 aromatic rings. The fraction of sp³-hybridized carbons (Fsp3) is 0.545. The Bertz CT molecular complexity index is 242. The zero-order chi connectivity index (χ0) is 8.93. The highest BCUT2D eigenvalue weighted by Gasteiger charge is 2.15. The summed E-state index contributed by atoms with van der Waals surface area (Å²) in [6.45, 7) is 0. The average Bonchev–Trinajstić information content (AvgIpc) is 2.21. The Morgan fingerprint density at radius 1 is 1.46 bits per heavy atom. The van der Waals surface area contributed by atoms with Crippen LogP contribution in [0.3, 0.4) is 0 Å². The van der Waals surface area contributed by atoms with Crippen LogP contribution in [-0.2, 0) is 0 Å². The van der Waals surface area contributed by atoms with Crippen LogP contribution in [-0.4, -0.2) is 11.5 Å². The molecule has 0 aromatic carbocycles. The van der Waals surface area contributed by atoms with Gasteiger partial charge in [-0.15, -0.1) is 11.8 Å². The van der Waals surface area contributed by atoms with E-state index in [4.69, 9.17) is 0 Å². The molecule has 2 atom stereocenters. The van der Waals surface area contributed by atoms with Crippen molar-refractivity contribution >= 4 is 18.0 Å². The molecule has 0 aromatic heterocycles. The summed E-state index contributed by atoms with van der Waals surface area (Å²) in [6.07, 6.45) is 13.9. The van der Waals surface area contributed by atoms with Gasteiger partial charge in [-0.2, -0.15) is 0 Å². The van der Waals surface area contributed by atoms with Crippen LogP contribution in [0.25, 0.3) is 0 Å². The molecule has 0 radical (unpaired) electrons. The first-order chi connectivity index (χ1) is 6.45. The maximum absolute atomic E-state index is 4.17. The third-order valence-corrected chi connectivity index (χ3v) is 3.48. The van der Waals surface area contributed by atoms with E-state index in [1.165, 1.54) is 25.7 Å². The van der Waals surface area contributed by atoms with E-state index in [9.17, 15) is 0 Å². The number of rotatable bonds is 2. The van der Waals surface area contributed by atoms with Gasteiger partial charge in [0.2, 0.25) is 0 Å². The van der Waals surface area contributed by atoms with Crippen molar-refractivity contribution in [3.8, 4) is 0 Å². The predicted molar refractivity (Wildman–Crippen MR) is 60.1 cm³/mol. The van der Waals surface area contributed by atoms with Crippen LogP contribution in [0.2, 0.25) is 0 Å². The van der Waals surface area contributed by atoms with Gasteiger partial charge in [-0.05, 0) is 37.0 Å². The second kappa shape index (κ2) is 4.66. The molecule has 0 saturated carbocycles. The lowest BCUT2D eigenvalue weighted by molar-refractivity contribution is 0.520. The molecule has 2 heteroatoms. The first-order valence-corrected chi connectivity index (χ1v) is 5.90. The van der Waals surface area contributed by atoms with Crippen LogP contribution in [0.1, 0.15) is 25.7 Å². The Morgan fingerprint density at radius 3 is 3.15 bits per heavy atom. The molecule has 0 spiro atoms. The van der Waals surface area contributed by atoms with Crippen molar-refractivity contribution in [3.05, 3.63) is 23.8 Å². The third kappa shape index (κ3) is 2.73. The SMILES string of the molecule is C1=C[C@H](C[C@H]2C=NC=CS2)CCC1. The molecular weight excluding hydrogens is 178 g/mol. The molecule has 1 nitrogen and oxygen atoms in total. The Balaban J connectivity index is 1.83. The van der Waals surface area contributed by atoms with E-state index in [0.29, 0.717) is 5.25 Å². The molecule has 1 aliphatic carbocycles. The molecule has 0 bridgehead atoms. The third-order valence-electron chi connectivity index (χ3n) is 2.54. The Morgan fingerprint density at radius 2 is 2.46 bits per heavy atom. The Hall–Kier alpha value is -0.500. The number of hydrogen-bond acceptors (Lipinski definition) is 2. The van der Waals surface area contributed by atoms with Crippen molar-refractivity contribution in [1.29, 1.82) is 0 Å². The van der Waals surface area contributed by atoms with Gasteiger partial charge in [0.1, 0.15) is 0 Å². The van der Waals surface area contributed by atoms with Gasteiger partial charge in [-0.25, -0.2) is 0 Å². The maximum atomic E-state index is 4.17. The zero-order valence-corrected chi connectivity index (χ0v) is 8.54. The van der Waals surface area contributed by atoms with Crippen molar-refractivity contribution in [1.82, 2.24) is 0 Å². The maximum Gasteiger partial charge on any atom is 0.0448 e. The topological polar surface area (TPSA) is 12.4 Å². The first kappa shape index (κ1) is 9.07. The lowest BCUT2D eigenvalue weighted by atomic mass is 9.92. The van der Waals surface area contributed by atoms with Gasteiger partial charge >= 0.3 is 0 Å². The van der Waals surface area contributed by atoms with Crippen molar-refractivity contribution in [2.45, 2.75) is 30.9 Å². The van der Waals surface area contributed by atoms with E-state index in [-0.39, 0.29) is 0 Å². The van der Waals surface area contributed by atoms with Crippen LogP contribution >= 0.6 is 11.8 Å². The van der Waals surface area contributed by atoms with Gasteiger partial charge in [-0.1, -0.05) is 12.2 Å². The van der Waals surface area contributed by atoms with E-state index in [2.05, 4.69) is 28.8 Å². The second-order valence-corrected chi connectivity index (χ2v) is 4.76. The van der Waals surface area contributed by atoms with Crippen molar-refractivity contribution in [3.63, 3.8) is 0 Å². The van der Waals surface area contributed by atoms with Crippen LogP contribution in [0.15, 0.2) is 28.8 Å². The molecule has 2 rings (SSSR count). The molecule has 1 aliphatic heterocycles. The molecule has 1 heterocycles. The van der Waals surface area contributed by atoms with E-state index < -0.39 is 0 Å². The van der Waals surface area contributed by atoms with Crippen molar-refractivity contribution < 1.29 is 0 Å². The summed E-state index contributed by atoms with van der Waals surface area (Å²) in [5.74, 6) is 0.796. The number of nitrogens with zero attached hydrogens (tertiary/aromatic N) is 1. The van der Waals surface area contributed by atoms with Gasteiger partial charge < -0.3 is 0 Å². The molecule has 0 unspecified atom stereocenters. The predicted octanol–water partition coefficient (Wildman–Crippen LogP) is 3.39. The lowest BCUT2D eigenvalue weighted by Gasteiger charge is -2.20. The molecule has 0 amide bonds. The average molecular weight is 193 g/mol. The minimum absolute atomic E-state index is 0.609. The first-order valence-electron chi connectivity index (χ1n) is 4.95. The highest BCUT2D eigenvalue weighted by molar-refractivity contribution is 8.03. The molecule has 0 fully saturated rings. The van der Waals surface area contributed by atoms with E-state index in [1.807, 2.05) is 18.0 Å². The second-order valence-electron chi connectivity index (χ2n) is 3.61. The summed E-state index contributed by atoms with van der Waals surface area (Å²) in [6, 6.07) is 0. The zero-order valence-electron chi connectivity index (χ0n) is 7.73. The monoisotopic (exact) mass is 193 g/mol. The molecular formula is C11H15NS. The summed E-state index contributed by atoms with van der Waals surface area (Å²) >= 11 is 1.89. The standard InChI is InChI=1S/C11H15NS/c1-2-4-10(5-3-1)8-11-9-12-6-7-13-11/h2,4,6-7,9-11H,1,3,5,8H2/t10-,11-/m0/s1. The molecule has 13 heavy (non-hydrogen) atoms. The number of thioether (sulfide) groups is 1. The summed E-state index contributed by atoms with van der Waals surface area (Å²) in [5, 5.41) is 2.70. The van der Waals surface area contributed by atoms with Gasteiger partial charge in [0, 0.05) is 17.7 Å². The Kier molecular flexibility index (Phi) is 3.25. The Labute approximate surface area is 84.0 Å². The van der Waals surface area contributed by atoms with Crippen LogP contribution in [0.5, 0.6) is 0 Å². The van der Waals surface area contributed by atoms with Crippen LogP contribution in [0, 0.1) is 5.92 Å². The number of hydrogen-bond donors (Lipinski definition) is 0. The summed E-state index contributed by atoms with van der Waals surface area (Å²) in [4.78, 5) is 4.17. The van der Waals surface area contributed by atoms with Gasteiger partial charge in [0.15, 0.2) is 0 Å². The minimum atomic E-state index is 0.609. The fourth-order valence-corrected chi connectivity index (χ4v) is 2.69. The fourth-order valence-electron chi connectivity index (χ4n) is 1.85. The van der Waals surface area contributed by atoms with Gasteiger partial charge in [0.25, 0.3) is 0 Å². The van der Waals surface area contributed by atoms with Gasteiger partial charge in [0.05, 0.1) is 0 Å². The smallest absolute Gasteiger partial charge is 0.0448 e. The summed E-state index contributed by atoms with van der Waals surface area (Å²) in [5.41, 5.74) is 0. The quantitative estimate of drug-likeness (QED) is 0.612. The van der Waals surface area contributed by atoms with Crippen LogP contribution in [0.4, 0.5) is 0 Å². The minimum Gasteiger partial charge on any atom is -0.267 e.